The molecular formula is C14H17N3O3. The number of aryl methyl sites for hydroxylation is 3. The van der Waals surface area contributed by atoms with Gasteiger partial charge in [-0.05, 0) is 33.6 Å². The van der Waals surface area contributed by atoms with Gasteiger partial charge in [0.2, 0.25) is 0 Å². The molecule has 1 fully saturated rings. The van der Waals surface area contributed by atoms with E-state index in [0.29, 0.717) is 23.6 Å². The minimum atomic E-state index is -0.0441. The molecule has 0 saturated carbocycles. The third-order valence-corrected chi connectivity index (χ3v) is 3.74. The fourth-order valence-corrected chi connectivity index (χ4v) is 2.78. The average Bonchev–Trinajstić information content (AvgIpc) is 3.09. The second-order valence-corrected chi connectivity index (χ2v) is 5.23. The van der Waals surface area contributed by atoms with E-state index in [-0.39, 0.29) is 11.9 Å². The first-order chi connectivity index (χ1) is 9.58. The maximum atomic E-state index is 12.7. The van der Waals surface area contributed by atoms with Crippen molar-refractivity contribution in [3.05, 3.63) is 34.5 Å². The molecule has 6 nitrogen and oxygen atoms in total. The molecule has 0 spiro atoms. The molecule has 1 amide bonds. The molecule has 0 radical (unpaired) electrons. The summed E-state index contributed by atoms with van der Waals surface area (Å²) in [6, 6.07) is 1.85. The van der Waals surface area contributed by atoms with Gasteiger partial charge >= 0.3 is 0 Å². The van der Waals surface area contributed by atoms with Gasteiger partial charge in [0, 0.05) is 12.6 Å². The highest BCUT2D eigenvalue weighted by Gasteiger charge is 2.35. The molecule has 0 aliphatic carbocycles. The summed E-state index contributed by atoms with van der Waals surface area (Å²) in [6.45, 7) is 6.14. The van der Waals surface area contributed by atoms with Crippen LogP contribution in [0.3, 0.4) is 0 Å². The van der Waals surface area contributed by atoms with Crippen molar-refractivity contribution >= 4 is 5.91 Å². The molecule has 2 aromatic rings. The van der Waals surface area contributed by atoms with Crippen molar-refractivity contribution in [3.63, 3.8) is 0 Å². The highest BCUT2D eigenvalue weighted by Crippen LogP contribution is 2.34. The minimum absolute atomic E-state index is 0.0437. The van der Waals surface area contributed by atoms with Crippen LogP contribution in [-0.2, 0) is 0 Å². The lowest BCUT2D eigenvalue weighted by Crippen LogP contribution is -2.31. The molecule has 6 heteroatoms. The summed E-state index contributed by atoms with van der Waals surface area (Å²) in [7, 11) is 0. The summed E-state index contributed by atoms with van der Waals surface area (Å²) in [5.41, 5.74) is 2.02. The normalized spacial score (nSPS) is 18.8. The van der Waals surface area contributed by atoms with Gasteiger partial charge in [0.25, 0.3) is 5.91 Å². The van der Waals surface area contributed by atoms with E-state index in [1.165, 1.54) is 0 Å². The minimum Gasteiger partial charge on any atom is -0.361 e. The summed E-state index contributed by atoms with van der Waals surface area (Å²) in [4.78, 5) is 14.5. The number of amides is 1. The van der Waals surface area contributed by atoms with Crippen LogP contribution in [0.15, 0.2) is 15.1 Å². The molecule has 0 unspecified atom stereocenters. The first kappa shape index (κ1) is 12.9. The number of aromatic nitrogens is 2. The highest BCUT2D eigenvalue weighted by molar-refractivity contribution is 5.96. The number of hydrogen-bond acceptors (Lipinski definition) is 5. The van der Waals surface area contributed by atoms with Gasteiger partial charge in [0.15, 0.2) is 5.76 Å². The Kier molecular flexibility index (Phi) is 3.08. The first-order valence-electron chi connectivity index (χ1n) is 6.75. The maximum Gasteiger partial charge on any atom is 0.259 e. The van der Waals surface area contributed by atoms with E-state index < -0.39 is 0 Å². The molecule has 106 valence electrons. The summed E-state index contributed by atoms with van der Waals surface area (Å²) in [5.74, 6) is 1.27. The Morgan fingerprint density at radius 3 is 2.70 bits per heavy atom. The summed E-state index contributed by atoms with van der Waals surface area (Å²) >= 11 is 0. The number of carbonyl (C=O) groups is 1. The fourth-order valence-electron chi connectivity index (χ4n) is 2.78. The van der Waals surface area contributed by atoms with Crippen LogP contribution in [-0.4, -0.2) is 27.7 Å². The van der Waals surface area contributed by atoms with Crippen LogP contribution in [0.2, 0.25) is 0 Å². The molecule has 0 N–H and O–H groups in total. The van der Waals surface area contributed by atoms with Gasteiger partial charge in [-0.1, -0.05) is 10.3 Å². The second-order valence-electron chi connectivity index (χ2n) is 5.23. The summed E-state index contributed by atoms with van der Waals surface area (Å²) in [6.07, 6.45) is 1.85. The van der Waals surface area contributed by atoms with Crippen molar-refractivity contribution < 1.29 is 13.8 Å². The number of hydrogen-bond donors (Lipinski definition) is 0. The van der Waals surface area contributed by atoms with E-state index in [1.54, 1.807) is 13.8 Å². The summed E-state index contributed by atoms with van der Waals surface area (Å²) < 4.78 is 10.4. The lowest BCUT2D eigenvalue weighted by atomic mass is 10.1. The zero-order chi connectivity index (χ0) is 14.3. The smallest absolute Gasteiger partial charge is 0.259 e. The number of nitrogens with zero attached hydrogens (tertiary/aromatic N) is 3. The first-order valence-corrected chi connectivity index (χ1v) is 6.75. The lowest BCUT2D eigenvalue weighted by molar-refractivity contribution is 0.0712. The van der Waals surface area contributed by atoms with Crippen LogP contribution in [0, 0.1) is 20.8 Å². The molecule has 3 rings (SSSR count). The molecule has 20 heavy (non-hydrogen) atoms. The number of likely N-dealkylation sites (tertiary alicyclic amines) is 1. The molecular weight excluding hydrogens is 258 g/mol. The molecule has 1 saturated heterocycles. The zero-order valence-corrected chi connectivity index (χ0v) is 11.8. The van der Waals surface area contributed by atoms with E-state index in [9.17, 15) is 4.79 Å². The molecule has 1 aliphatic heterocycles. The van der Waals surface area contributed by atoms with Gasteiger partial charge in [0.1, 0.15) is 11.3 Å². The van der Waals surface area contributed by atoms with Crippen LogP contribution in [0.4, 0.5) is 0 Å². The highest BCUT2D eigenvalue weighted by atomic mass is 16.5. The van der Waals surface area contributed by atoms with Gasteiger partial charge < -0.3 is 13.9 Å². The lowest BCUT2D eigenvalue weighted by Gasteiger charge is -2.22. The van der Waals surface area contributed by atoms with Gasteiger partial charge in [-0.25, -0.2) is 0 Å². The third-order valence-electron chi connectivity index (χ3n) is 3.74. The van der Waals surface area contributed by atoms with Crippen molar-refractivity contribution in [2.24, 2.45) is 0 Å². The molecule has 1 aliphatic rings. The van der Waals surface area contributed by atoms with Crippen molar-refractivity contribution in [3.8, 4) is 0 Å². The van der Waals surface area contributed by atoms with Gasteiger partial charge in [-0.2, -0.15) is 0 Å². The Labute approximate surface area is 116 Å². The fraction of sp³-hybridized carbons (Fsp3) is 0.500. The Bertz CT molecular complexity index is 624. The second kappa shape index (κ2) is 4.77. The van der Waals surface area contributed by atoms with Crippen molar-refractivity contribution in [2.45, 2.75) is 39.7 Å². The van der Waals surface area contributed by atoms with Gasteiger partial charge in [-0.3, -0.25) is 4.79 Å². The standard InChI is InChI=1S/C14H17N3O3/c1-8-7-12(20-15-8)11-5-4-6-17(11)14(18)13-9(2)16-19-10(13)3/h7,11H,4-6H2,1-3H3/t11-/m1/s1. The SMILES string of the molecule is Cc1cc([C@H]2CCCN2C(=O)c2c(C)noc2C)on1. The van der Waals surface area contributed by atoms with E-state index in [0.717, 1.165) is 24.3 Å². The van der Waals surface area contributed by atoms with Crippen LogP contribution in [0.5, 0.6) is 0 Å². The molecule has 3 heterocycles. The van der Waals surface area contributed by atoms with E-state index >= 15 is 0 Å². The van der Waals surface area contributed by atoms with Gasteiger partial charge in [-0.15, -0.1) is 0 Å². The topological polar surface area (TPSA) is 72.4 Å². The molecule has 1 atom stereocenters. The summed E-state index contributed by atoms with van der Waals surface area (Å²) in [5, 5.41) is 7.76. The average molecular weight is 275 g/mol. The largest absolute Gasteiger partial charge is 0.361 e. The predicted molar refractivity (Wildman–Crippen MR) is 70.2 cm³/mol. The Morgan fingerprint density at radius 2 is 2.10 bits per heavy atom. The van der Waals surface area contributed by atoms with E-state index in [1.807, 2.05) is 17.9 Å². The van der Waals surface area contributed by atoms with Crippen molar-refractivity contribution in [1.29, 1.82) is 0 Å². The number of carbonyl (C=O) groups excluding carboxylic acids is 1. The quantitative estimate of drug-likeness (QED) is 0.842. The molecule has 0 bridgehead atoms. The van der Waals surface area contributed by atoms with Crippen molar-refractivity contribution in [2.75, 3.05) is 6.54 Å². The Balaban J connectivity index is 1.91. The van der Waals surface area contributed by atoms with E-state index in [4.69, 9.17) is 9.05 Å². The zero-order valence-electron chi connectivity index (χ0n) is 11.8. The Morgan fingerprint density at radius 1 is 1.30 bits per heavy atom. The van der Waals surface area contributed by atoms with Crippen LogP contribution in [0.1, 0.15) is 52.1 Å². The number of rotatable bonds is 2. The van der Waals surface area contributed by atoms with Gasteiger partial charge in [0.05, 0.1) is 17.4 Å². The molecule has 2 aromatic heterocycles. The monoisotopic (exact) mass is 275 g/mol. The predicted octanol–water partition coefficient (Wildman–Crippen LogP) is 2.57. The maximum absolute atomic E-state index is 12.7. The van der Waals surface area contributed by atoms with Crippen molar-refractivity contribution in [1.82, 2.24) is 15.2 Å². The third kappa shape index (κ3) is 2.01. The van der Waals surface area contributed by atoms with Crippen LogP contribution in [0.25, 0.3) is 0 Å². The van der Waals surface area contributed by atoms with Crippen LogP contribution < -0.4 is 0 Å². The van der Waals surface area contributed by atoms with E-state index in [2.05, 4.69) is 10.3 Å². The molecule has 0 aromatic carbocycles. The Hall–Kier alpha value is -2.11. The van der Waals surface area contributed by atoms with Crippen LogP contribution >= 0.6 is 0 Å².